The molecule has 0 bridgehead atoms. The second-order valence-electron chi connectivity index (χ2n) is 5.23. The summed E-state index contributed by atoms with van der Waals surface area (Å²) in [7, 11) is 0. The molecule has 0 aromatic rings. The Hall–Kier alpha value is -0.950. The first-order valence-corrected chi connectivity index (χ1v) is 7.84. The van der Waals surface area contributed by atoms with Crippen LogP contribution in [0.15, 0.2) is 0 Å². The summed E-state index contributed by atoms with van der Waals surface area (Å²) in [6.45, 7) is 0.496. The maximum absolute atomic E-state index is 11.3. The molecule has 2 saturated heterocycles. The smallest absolute Gasteiger partial charge is 0.315 e. The van der Waals surface area contributed by atoms with Crippen LogP contribution in [0, 0.1) is 5.92 Å². The maximum Gasteiger partial charge on any atom is 0.315 e. The lowest BCUT2D eigenvalue weighted by atomic mass is 9.95. The first-order valence-electron chi connectivity index (χ1n) is 6.80. The van der Waals surface area contributed by atoms with Crippen LogP contribution in [0.5, 0.6) is 0 Å². The Balaban J connectivity index is 1.73. The standard InChI is InChI=1S/C12H22N4O2S/c13-5-4-7(11(14)17)2-1-3-9-10-8(6-19-9)15-12(18)16-10/h7-10H,1-6,13H2,(H2,14,17)(H2,15,16,18). The van der Waals surface area contributed by atoms with Crippen molar-refractivity contribution in [3.8, 4) is 0 Å². The Labute approximate surface area is 117 Å². The van der Waals surface area contributed by atoms with E-state index in [1.54, 1.807) is 0 Å². The highest BCUT2D eigenvalue weighted by Gasteiger charge is 2.42. The third-order valence-electron chi connectivity index (χ3n) is 3.90. The predicted octanol–water partition coefficient (Wildman–Crippen LogP) is -0.228. The van der Waals surface area contributed by atoms with E-state index in [4.69, 9.17) is 11.5 Å². The fourth-order valence-electron chi connectivity index (χ4n) is 2.84. The predicted molar refractivity (Wildman–Crippen MR) is 75.7 cm³/mol. The van der Waals surface area contributed by atoms with E-state index in [0.29, 0.717) is 18.2 Å². The number of nitrogens with one attached hydrogen (secondary N) is 2. The Morgan fingerprint density at radius 1 is 1.42 bits per heavy atom. The lowest BCUT2D eigenvalue weighted by Crippen LogP contribution is -2.37. The molecule has 6 nitrogen and oxygen atoms in total. The van der Waals surface area contributed by atoms with Gasteiger partial charge in [-0.2, -0.15) is 11.8 Å². The average molecular weight is 286 g/mol. The molecule has 0 aromatic heterocycles. The number of hydrogen-bond donors (Lipinski definition) is 4. The van der Waals surface area contributed by atoms with E-state index in [1.807, 2.05) is 11.8 Å². The molecule has 2 fully saturated rings. The Morgan fingerprint density at radius 3 is 2.89 bits per heavy atom. The van der Waals surface area contributed by atoms with Gasteiger partial charge >= 0.3 is 6.03 Å². The number of nitrogens with two attached hydrogens (primary N) is 2. The van der Waals surface area contributed by atoms with Crippen molar-refractivity contribution in [2.45, 2.75) is 43.0 Å². The Kier molecular flexibility index (Phi) is 4.93. The van der Waals surface area contributed by atoms with Crippen LogP contribution in [0.1, 0.15) is 25.7 Å². The number of amides is 3. The van der Waals surface area contributed by atoms with Crippen LogP contribution < -0.4 is 22.1 Å². The van der Waals surface area contributed by atoms with Gasteiger partial charge in [-0.25, -0.2) is 4.79 Å². The van der Waals surface area contributed by atoms with Crippen molar-refractivity contribution in [2.24, 2.45) is 17.4 Å². The largest absolute Gasteiger partial charge is 0.369 e. The SMILES string of the molecule is NCCC(CCCC1SCC2NC(=O)NC21)C(N)=O. The van der Waals surface area contributed by atoms with Gasteiger partial charge in [0.1, 0.15) is 0 Å². The minimum absolute atomic E-state index is 0.0570. The van der Waals surface area contributed by atoms with E-state index in [9.17, 15) is 9.59 Å². The van der Waals surface area contributed by atoms with E-state index < -0.39 is 0 Å². The monoisotopic (exact) mass is 286 g/mol. The Bertz CT molecular complexity index is 353. The van der Waals surface area contributed by atoms with Gasteiger partial charge in [0.2, 0.25) is 5.91 Å². The van der Waals surface area contributed by atoms with Crippen LogP contribution in [-0.4, -0.2) is 41.6 Å². The molecule has 2 aliphatic rings. The lowest BCUT2D eigenvalue weighted by Gasteiger charge is -2.18. The molecule has 0 spiro atoms. The van der Waals surface area contributed by atoms with Gasteiger partial charge in [-0.05, 0) is 25.8 Å². The number of rotatable bonds is 7. The molecule has 2 rings (SSSR count). The van der Waals surface area contributed by atoms with Gasteiger partial charge in [0.25, 0.3) is 0 Å². The highest BCUT2D eigenvalue weighted by Crippen LogP contribution is 2.33. The van der Waals surface area contributed by atoms with Gasteiger partial charge in [0.05, 0.1) is 12.1 Å². The average Bonchev–Trinajstić information content (AvgIpc) is 2.88. The van der Waals surface area contributed by atoms with Crippen LogP contribution in [0.2, 0.25) is 0 Å². The van der Waals surface area contributed by atoms with Crippen LogP contribution in [0.4, 0.5) is 4.79 Å². The van der Waals surface area contributed by atoms with Crippen LogP contribution in [0.25, 0.3) is 0 Å². The van der Waals surface area contributed by atoms with Gasteiger partial charge in [-0.3, -0.25) is 4.79 Å². The van der Waals surface area contributed by atoms with Gasteiger partial charge in [0, 0.05) is 16.9 Å². The van der Waals surface area contributed by atoms with Crippen molar-refractivity contribution >= 4 is 23.7 Å². The zero-order chi connectivity index (χ0) is 13.8. The zero-order valence-corrected chi connectivity index (χ0v) is 11.7. The molecule has 0 aromatic carbocycles. The summed E-state index contributed by atoms with van der Waals surface area (Å²) >= 11 is 1.89. The Morgan fingerprint density at radius 2 is 2.21 bits per heavy atom. The number of thioether (sulfide) groups is 1. The van der Waals surface area contributed by atoms with Gasteiger partial charge in [-0.15, -0.1) is 0 Å². The van der Waals surface area contributed by atoms with Crippen molar-refractivity contribution < 1.29 is 9.59 Å². The van der Waals surface area contributed by atoms with E-state index in [2.05, 4.69) is 10.6 Å². The second-order valence-corrected chi connectivity index (χ2v) is 6.50. The molecule has 4 atom stereocenters. The van der Waals surface area contributed by atoms with E-state index in [-0.39, 0.29) is 29.9 Å². The molecule has 6 N–H and O–H groups in total. The third kappa shape index (κ3) is 3.54. The van der Waals surface area contributed by atoms with Crippen LogP contribution >= 0.6 is 11.8 Å². The lowest BCUT2D eigenvalue weighted by molar-refractivity contribution is -0.122. The normalized spacial score (nSPS) is 30.6. The molecule has 2 aliphatic heterocycles. The van der Waals surface area contributed by atoms with E-state index in [1.165, 1.54) is 0 Å². The molecule has 4 unspecified atom stereocenters. The van der Waals surface area contributed by atoms with Crippen LogP contribution in [0.3, 0.4) is 0 Å². The highest BCUT2D eigenvalue weighted by atomic mass is 32.2. The van der Waals surface area contributed by atoms with Gasteiger partial charge in [-0.1, -0.05) is 6.42 Å². The maximum atomic E-state index is 11.3. The summed E-state index contributed by atoms with van der Waals surface area (Å²) in [4.78, 5) is 22.5. The minimum atomic E-state index is -0.252. The van der Waals surface area contributed by atoms with E-state index in [0.717, 1.165) is 25.0 Å². The minimum Gasteiger partial charge on any atom is -0.369 e. The van der Waals surface area contributed by atoms with Crippen molar-refractivity contribution in [3.05, 3.63) is 0 Å². The molecule has 3 amide bonds. The van der Waals surface area contributed by atoms with Crippen molar-refractivity contribution in [2.75, 3.05) is 12.3 Å². The fraction of sp³-hybridized carbons (Fsp3) is 0.833. The number of carbonyl (C=O) groups excluding carboxylic acids is 2. The third-order valence-corrected chi connectivity index (χ3v) is 5.41. The number of carbonyl (C=O) groups is 2. The topological polar surface area (TPSA) is 110 Å². The summed E-state index contributed by atoms with van der Waals surface area (Å²) in [5.41, 5.74) is 10.8. The molecular formula is C12H22N4O2S. The molecule has 2 heterocycles. The molecule has 19 heavy (non-hydrogen) atoms. The fourth-order valence-corrected chi connectivity index (χ4v) is 4.38. The summed E-state index contributed by atoms with van der Waals surface area (Å²) < 4.78 is 0. The first kappa shape index (κ1) is 14.5. The summed E-state index contributed by atoms with van der Waals surface area (Å²) in [5, 5.41) is 6.33. The number of hydrogen-bond acceptors (Lipinski definition) is 4. The van der Waals surface area contributed by atoms with Crippen molar-refractivity contribution in [1.29, 1.82) is 0 Å². The van der Waals surface area contributed by atoms with Gasteiger partial charge < -0.3 is 22.1 Å². The zero-order valence-electron chi connectivity index (χ0n) is 10.9. The van der Waals surface area contributed by atoms with Crippen molar-refractivity contribution in [3.63, 3.8) is 0 Å². The summed E-state index contributed by atoms with van der Waals surface area (Å²) in [6, 6.07) is 0.441. The summed E-state index contributed by atoms with van der Waals surface area (Å²) in [5.74, 6) is 0.609. The van der Waals surface area contributed by atoms with Crippen molar-refractivity contribution in [1.82, 2.24) is 10.6 Å². The van der Waals surface area contributed by atoms with E-state index >= 15 is 0 Å². The highest BCUT2D eigenvalue weighted by molar-refractivity contribution is 8.00. The molecule has 7 heteroatoms. The number of primary amides is 1. The number of urea groups is 1. The van der Waals surface area contributed by atoms with Gasteiger partial charge in [0.15, 0.2) is 0 Å². The molecule has 108 valence electrons. The number of fused-ring (bicyclic) bond motifs is 1. The second kappa shape index (κ2) is 6.47. The molecule has 0 saturated carbocycles. The van der Waals surface area contributed by atoms with Crippen LogP contribution in [-0.2, 0) is 4.79 Å². The molecule has 0 radical (unpaired) electrons. The summed E-state index contributed by atoms with van der Waals surface area (Å²) in [6.07, 6.45) is 3.41. The molecule has 0 aliphatic carbocycles. The quantitative estimate of drug-likeness (QED) is 0.485. The molecular weight excluding hydrogens is 264 g/mol. The first-order chi connectivity index (χ1) is 9.11.